The second kappa shape index (κ2) is 10.0. The highest BCUT2D eigenvalue weighted by atomic mass is 16.1. The van der Waals surface area contributed by atoms with Crippen LogP contribution in [0.25, 0.3) is 28.2 Å². The van der Waals surface area contributed by atoms with Crippen LogP contribution in [0, 0.1) is 0 Å². The fourth-order valence-corrected chi connectivity index (χ4v) is 4.02. The van der Waals surface area contributed by atoms with Crippen LogP contribution >= 0.6 is 0 Å². The lowest BCUT2D eigenvalue weighted by Gasteiger charge is -2.14. The minimum atomic E-state index is -0.619. The average molecular weight is 467 g/mol. The number of carbonyl (C=O) groups is 1. The van der Waals surface area contributed by atoms with E-state index in [0.717, 1.165) is 34.1 Å². The molecule has 3 heterocycles. The molecule has 5 aromatic rings. The zero-order valence-corrected chi connectivity index (χ0v) is 19.6. The van der Waals surface area contributed by atoms with Gasteiger partial charge in [-0.1, -0.05) is 55.5 Å². The Morgan fingerprint density at radius 1 is 1.09 bits per heavy atom. The molecule has 35 heavy (non-hydrogen) atoms. The van der Waals surface area contributed by atoms with Crippen LogP contribution in [0.4, 0.5) is 5.82 Å². The largest absolute Gasteiger partial charge is 0.381 e. The second-order valence-electron chi connectivity index (χ2n) is 7.79. The molecular weight excluding hydrogens is 440 g/mol. The van der Waals surface area contributed by atoms with Crippen molar-refractivity contribution in [1.29, 1.82) is 0 Å². The average Bonchev–Trinajstić information content (AvgIpc) is 3.21. The molecule has 0 aliphatic rings. The number of nitrogen functional groups attached to an aromatic ring is 1. The number of carbonyl (C=O) groups excluding carboxylic acids is 1. The van der Waals surface area contributed by atoms with Crippen LogP contribution < -0.4 is 17.0 Å². The number of rotatable bonds is 4. The molecule has 0 saturated carbocycles. The fraction of sp³-hybridized carbons (Fsp3) is 0.111. The van der Waals surface area contributed by atoms with Crippen LogP contribution in [0.2, 0.25) is 0 Å². The Balaban J connectivity index is 0.000000189. The van der Waals surface area contributed by atoms with E-state index in [1.165, 1.54) is 4.52 Å². The number of pyridine rings is 1. The Labute approximate surface area is 202 Å². The van der Waals surface area contributed by atoms with Gasteiger partial charge in [0.1, 0.15) is 5.56 Å². The standard InChI is InChI=1S/C20H19NO.C7H7N5O/c1-3-9-15-10-8-11-16-14-17(4-2)21(20(22)19(15)16)18-12-6-5-7-13-18;8-5-4(6(9)13)7-10-2-1-3-12(7)11-5/h3,5-14H,4H2,1-2H3;1-3H,(H2,8,11)(H2,9,13)/b9-3+;. The van der Waals surface area contributed by atoms with Gasteiger partial charge in [0, 0.05) is 23.8 Å². The number of amides is 1. The SMILES string of the molecule is C/C=C/c1cccc2cc(CC)n(-c3ccccc3)c(=O)c12.NC(=O)c1c(N)nn2cccnc12. The summed E-state index contributed by atoms with van der Waals surface area (Å²) in [6, 6.07) is 19.7. The lowest BCUT2D eigenvalue weighted by atomic mass is 10.0. The Morgan fingerprint density at radius 2 is 1.86 bits per heavy atom. The van der Waals surface area contributed by atoms with Crippen LogP contribution in [0.15, 0.2) is 83.9 Å². The van der Waals surface area contributed by atoms with Gasteiger partial charge in [0.2, 0.25) is 0 Å². The molecule has 0 unspecified atom stereocenters. The minimum absolute atomic E-state index is 0.0502. The van der Waals surface area contributed by atoms with E-state index in [-0.39, 0.29) is 16.9 Å². The number of benzene rings is 2. The molecule has 176 valence electrons. The van der Waals surface area contributed by atoms with Crippen molar-refractivity contribution in [2.45, 2.75) is 20.3 Å². The number of anilines is 1. The summed E-state index contributed by atoms with van der Waals surface area (Å²) in [7, 11) is 0. The summed E-state index contributed by atoms with van der Waals surface area (Å²) < 4.78 is 3.24. The summed E-state index contributed by atoms with van der Waals surface area (Å²) in [6.45, 7) is 4.05. The van der Waals surface area contributed by atoms with Crippen LogP contribution in [0.5, 0.6) is 0 Å². The molecule has 0 aliphatic heterocycles. The molecule has 1 amide bonds. The van der Waals surface area contributed by atoms with Gasteiger partial charge in [0.25, 0.3) is 11.5 Å². The van der Waals surface area contributed by atoms with E-state index in [4.69, 9.17) is 11.5 Å². The van der Waals surface area contributed by atoms with Crippen molar-refractivity contribution >= 4 is 34.2 Å². The molecule has 8 heteroatoms. The van der Waals surface area contributed by atoms with Crippen LogP contribution in [-0.2, 0) is 6.42 Å². The number of hydrogen-bond donors (Lipinski definition) is 2. The molecule has 0 atom stereocenters. The highest BCUT2D eigenvalue weighted by Crippen LogP contribution is 2.21. The van der Waals surface area contributed by atoms with Gasteiger partial charge < -0.3 is 11.5 Å². The molecule has 8 nitrogen and oxygen atoms in total. The number of nitrogens with zero attached hydrogens (tertiary/aromatic N) is 4. The first kappa shape index (κ1) is 23.4. The summed E-state index contributed by atoms with van der Waals surface area (Å²) in [5.74, 6) is -0.516. The molecule has 0 radical (unpaired) electrons. The van der Waals surface area contributed by atoms with Crippen molar-refractivity contribution in [3.05, 3.63) is 106 Å². The first-order valence-electron chi connectivity index (χ1n) is 11.2. The molecule has 0 bridgehead atoms. The van der Waals surface area contributed by atoms with E-state index in [9.17, 15) is 9.59 Å². The van der Waals surface area contributed by atoms with Gasteiger partial charge in [0.05, 0.1) is 5.39 Å². The zero-order valence-electron chi connectivity index (χ0n) is 19.6. The molecule has 0 spiro atoms. The first-order valence-corrected chi connectivity index (χ1v) is 11.2. The maximum atomic E-state index is 13.1. The molecule has 3 aromatic heterocycles. The Kier molecular flexibility index (Phi) is 6.73. The number of para-hydroxylation sites is 1. The number of hydrogen-bond acceptors (Lipinski definition) is 5. The smallest absolute Gasteiger partial charge is 0.263 e. The second-order valence-corrected chi connectivity index (χ2v) is 7.79. The van der Waals surface area contributed by atoms with Crippen molar-refractivity contribution in [2.24, 2.45) is 5.73 Å². The summed E-state index contributed by atoms with van der Waals surface area (Å²) in [5, 5.41) is 5.65. The van der Waals surface area contributed by atoms with E-state index < -0.39 is 5.91 Å². The van der Waals surface area contributed by atoms with Crippen molar-refractivity contribution < 1.29 is 4.79 Å². The summed E-state index contributed by atoms with van der Waals surface area (Å²) in [4.78, 5) is 28.0. The molecular formula is C27H26N6O2. The number of primary amides is 1. The number of allylic oxidation sites excluding steroid dienone is 1. The maximum absolute atomic E-state index is 13.1. The van der Waals surface area contributed by atoms with Gasteiger partial charge in [-0.25, -0.2) is 9.50 Å². The van der Waals surface area contributed by atoms with Crippen molar-refractivity contribution in [3.63, 3.8) is 0 Å². The van der Waals surface area contributed by atoms with Crippen LogP contribution in [0.1, 0.15) is 35.5 Å². The minimum Gasteiger partial charge on any atom is -0.381 e. The zero-order chi connectivity index (χ0) is 24.9. The van der Waals surface area contributed by atoms with E-state index >= 15 is 0 Å². The molecule has 2 aromatic carbocycles. The highest BCUT2D eigenvalue weighted by molar-refractivity contribution is 6.03. The van der Waals surface area contributed by atoms with E-state index in [1.54, 1.807) is 18.5 Å². The third-order valence-electron chi connectivity index (χ3n) is 5.55. The molecule has 4 N–H and O–H groups in total. The number of nitrogens with two attached hydrogens (primary N) is 2. The van der Waals surface area contributed by atoms with Gasteiger partial charge in [-0.05, 0) is 48.6 Å². The Hall–Kier alpha value is -4.72. The van der Waals surface area contributed by atoms with Crippen molar-refractivity contribution in [3.8, 4) is 5.69 Å². The van der Waals surface area contributed by atoms with Crippen LogP contribution in [-0.4, -0.2) is 25.1 Å². The number of fused-ring (bicyclic) bond motifs is 2. The normalized spacial score (nSPS) is 11.0. The third-order valence-corrected chi connectivity index (χ3v) is 5.55. The Morgan fingerprint density at radius 3 is 2.54 bits per heavy atom. The lowest BCUT2D eigenvalue weighted by Crippen LogP contribution is -2.22. The highest BCUT2D eigenvalue weighted by Gasteiger charge is 2.15. The van der Waals surface area contributed by atoms with Gasteiger partial charge in [-0.2, -0.15) is 0 Å². The maximum Gasteiger partial charge on any atom is 0.263 e. The van der Waals surface area contributed by atoms with E-state index in [1.807, 2.05) is 72.2 Å². The molecule has 0 fully saturated rings. The van der Waals surface area contributed by atoms with Gasteiger partial charge in [0.15, 0.2) is 11.5 Å². The molecule has 0 aliphatic carbocycles. The van der Waals surface area contributed by atoms with Gasteiger partial charge in [-0.3, -0.25) is 14.2 Å². The quantitative estimate of drug-likeness (QED) is 0.415. The topological polar surface area (TPSA) is 121 Å². The van der Waals surface area contributed by atoms with Crippen molar-refractivity contribution in [2.75, 3.05) is 5.73 Å². The number of aromatic nitrogens is 4. The molecule has 0 saturated heterocycles. The Bertz CT molecular complexity index is 1600. The third kappa shape index (κ3) is 4.54. The van der Waals surface area contributed by atoms with E-state index in [2.05, 4.69) is 23.1 Å². The van der Waals surface area contributed by atoms with E-state index in [0.29, 0.717) is 5.65 Å². The van der Waals surface area contributed by atoms with Gasteiger partial charge >= 0.3 is 0 Å². The van der Waals surface area contributed by atoms with Crippen molar-refractivity contribution in [1.82, 2.24) is 19.2 Å². The molecule has 5 rings (SSSR count). The predicted molar refractivity (Wildman–Crippen MR) is 140 cm³/mol. The summed E-state index contributed by atoms with van der Waals surface area (Å²) in [6.07, 6.45) is 7.96. The summed E-state index contributed by atoms with van der Waals surface area (Å²) in [5.41, 5.74) is 14.1. The van der Waals surface area contributed by atoms with Gasteiger partial charge in [-0.15, -0.1) is 5.10 Å². The predicted octanol–water partition coefficient (Wildman–Crippen LogP) is 4.00. The lowest BCUT2D eigenvalue weighted by molar-refractivity contribution is 0.100. The number of aryl methyl sites for hydroxylation is 1. The fourth-order valence-electron chi connectivity index (χ4n) is 4.02. The summed E-state index contributed by atoms with van der Waals surface area (Å²) >= 11 is 0. The monoisotopic (exact) mass is 466 g/mol. The first-order chi connectivity index (χ1) is 17.0. The van der Waals surface area contributed by atoms with Crippen LogP contribution in [0.3, 0.4) is 0 Å².